The molecule has 4 nitrogen and oxygen atoms in total. The van der Waals surface area contributed by atoms with Gasteiger partial charge in [0.05, 0.1) is 6.04 Å². The van der Waals surface area contributed by atoms with E-state index >= 15 is 0 Å². The van der Waals surface area contributed by atoms with E-state index in [1.165, 1.54) is 0 Å². The van der Waals surface area contributed by atoms with E-state index in [2.05, 4.69) is 10.6 Å². The number of halogens is 1. The normalized spacial score (nSPS) is 13.1. The lowest BCUT2D eigenvalue weighted by Gasteiger charge is -2.22. The van der Waals surface area contributed by atoms with Crippen LogP contribution in [0.5, 0.6) is 0 Å². The second-order valence-corrected chi connectivity index (χ2v) is 6.22. The van der Waals surface area contributed by atoms with Crippen LogP contribution in [0, 0.1) is 0 Å². The molecule has 2 unspecified atom stereocenters. The molecule has 0 aliphatic heterocycles. The zero-order valence-electron chi connectivity index (χ0n) is 13.7. The number of carbonyl (C=O) groups excluding carboxylic acids is 1. The molecule has 2 rings (SSSR count). The summed E-state index contributed by atoms with van der Waals surface area (Å²) in [7, 11) is 0. The van der Waals surface area contributed by atoms with Crippen LogP contribution in [0.4, 0.5) is 4.79 Å². The van der Waals surface area contributed by atoms with Gasteiger partial charge in [-0.2, -0.15) is 0 Å². The van der Waals surface area contributed by atoms with Gasteiger partial charge < -0.3 is 15.7 Å². The first-order chi connectivity index (χ1) is 11.6. The summed E-state index contributed by atoms with van der Waals surface area (Å²) < 4.78 is 0. The summed E-state index contributed by atoms with van der Waals surface area (Å²) in [5.74, 6) is 0. The number of amides is 2. The van der Waals surface area contributed by atoms with Gasteiger partial charge in [0, 0.05) is 17.7 Å². The molecular weight excluding hydrogens is 324 g/mol. The van der Waals surface area contributed by atoms with E-state index in [0.717, 1.165) is 17.5 Å². The third kappa shape index (κ3) is 5.55. The Morgan fingerprint density at radius 1 is 1.04 bits per heavy atom. The molecule has 0 fully saturated rings. The molecule has 0 spiro atoms. The predicted octanol–water partition coefficient (Wildman–Crippen LogP) is 3.89. The number of nitrogens with one attached hydrogen (secondary N) is 2. The maximum atomic E-state index is 12.3. The molecule has 0 heterocycles. The molecule has 2 aromatic carbocycles. The van der Waals surface area contributed by atoms with Gasteiger partial charge in [-0.05, 0) is 43.0 Å². The van der Waals surface area contributed by atoms with Gasteiger partial charge in [-0.1, -0.05) is 54.1 Å². The van der Waals surface area contributed by atoms with E-state index in [1.807, 2.05) is 61.5 Å². The average Bonchev–Trinajstić information content (AvgIpc) is 2.59. The Labute approximate surface area is 147 Å². The highest BCUT2D eigenvalue weighted by molar-refractivity contribution is 6.30. The summed E-state index contributed by atoms with van der Waals surface area (Å²) in [4.78, 5) is 12.3. The monoisotopic (exact) mass is 346 g/mol. The summed E-state index contributed by atoms with van der Waals surface area (Å²) in [6.07, 6.45) is 1.40. The number of aliphatic hydroxyl groups is 1. The summed E-state index contributed by atoms with van der Waals surface area (Å²) in [6, 6.07) is 16.8. The van der Waals surface area contributed by atoms with Crippen molar-refractivity contribution in [3.05, 3.63) is 70.7 Å². The number of aliphatic hydroxyl groups excluding tert-OH is 1. The van der Waals surface area contributed by atoms with Crippen molar-refractivity contribution in [2.24, 2.45) is 0 Å². The molecule has 128 valence electrons. The highest BCUT2D eigenvalue weighted by atomic mass is 35.5. The smallest absolute Gasteiger partial charge is 0.315 e. The molecule has 0 aromatic heterocycles. The summed E-state index contributed by atoms with van der Waals surface area (Å²) in [5, 5.41) is 15.5. The Bertz CT molecular complexity index is 632. The molecule has 5 heteroatoms. The molecule has 0 aliphatic carbocycles. The maximum absolute atomic E-state index is 12.3. The lowest BCUT2D eigenvalue weighted by Crippen LogP contribution is -2.42. The zero-order chi connectivity index (χ0) is 17.4. The Morgan fingerprint density at radius 3 is 2.29 bits per heavy atom. The van der Waals surface area contributed by atoms with Gasteiger partial charge in [-0.3, -0.25) is 0 Å². The highest BCUT2D eigenvalue weighted by Gasteiger charge is 2.17. The standard InChI is InChI=1S/C19H23ClN2O2/c1-14(6-5-13-23)21-19(24)22-18(15-7-3-2-4-8-15)16-9-11-17(20)12-10-16/h2-4,7-12,14,18,23H,5-6,13H2,1H3,(H2,21,22,24). The van der Waals surface area contributed by atoms with Crippen LogP contribution in [0.2, 0.25) is 5.02 Å². The minimum atomic E-state index is -0.256. The third-order valence-electron chi connectivity index (χ3n) is 3.78. The van der Waals surface area contributed by atoms with E-state index in [-0.39, 0.29) is 24.7 Å². The number of rotatable bonds is 7. The topological polar surface area (TPSA) is 61.4 Å². The van der Waals surface area contributed by atoms with Gasteiger partial charge in [-0.15, -0.1) is 0 Å². The Kier molecular flexibility index (Phi) is 7.09. The van der Waals surface area contributed by atoms with Gasteiger partial charge in [0.25, 0.3) is 0 Å². The van der Waals surface area contributed by atoms with Gasteiger partial charge in [-0.25, -0.2) is 4.79 Å². The molecule has 24 heavy (non-hydrogen) atoms. The van der Waals surface area contributed by atoms with Crippen molar-refractivity contribution in [1.29, 1.82) is 0 Å². The Balaban J connectivity index is 2.12. The van der Waals surface area contributed by atoms with Gasteiger partial charge >= 0.3 is 6.03 Å². The maximum Gasteiger partial charge on any atom is 0.315 e. The van der Waals surface area contributed by atoms with Crippen molar-refractivity contribution in [2.45, 2.75) is 31.8 Å². The van der Waals surface area contributed by atoms with E-state index < -0.39 is 0 Å². The summed E-state index contributed by atoms with van der Waals surface area (Å²) in [6.45, 7) is 2.06. The van der Waals surface area contributed by atoms with Crippen molar-refractivity contribution in [1.82, 2.24) is 10.6 Å². The first-order valence-corrected chi connectivity index (χ1v) is 8.46. The molecule has 0 radical (unpaired) electrons. The van der Waals surface area contributed by atoms with E-state index in [9.17, 15) is 4.79 Å². The minimum absolute atomic E-state index is 0.00112. The van der Waals surface area contributed by atoms with Crippen LogP contribution in [0.1, 0.15) is 36.9 Å². The van der Waals surface area contributed by atoms with Gasteiger partial charge in [0.2, 0.25) is 0 Å². The molecule has 0 bridgehead atoms. The average molecular weight is 347 g/mol. The van der Waals surface area contributed by atoms with E-state index in [0.29, 0.717) is 11.4 Å². The number of carbonyl (C=O) groups is 1. The molecule has 0 saturated carbocycles. The lowest BCUT2D eigenvalue weighted by molar-refractivity contribution is 0.232. The van der Waals surface area contributed by atoms with Crippen molar-refractivity contribution < 1.29 is 9.90 Å². The molecule has 2 amide bonds. The van der Waals surface area contributed by atoms with Crippen LogP contribution < -0.4 is 10.6 Å². The minimum Gasteiger partial charge on any atom is -0.396 e. The Hall–Kier alpha value is -2.04. The molecule has 2 aromatic rings. The van der Waals surface area contributed by atoms with Crippen molar-refractivity contribution in [3.8, 4) is 0 Å². The van der Waals surface area contributed by atoms with Gasteiger partial charge in [0.1, 0.15) is 0 Å². The predicted molar refractivity (Wildman–Crippen MR) is 97.2 cm³/mol. The zero-order valence-corrected chi connectivity index (χ0v) is 14.5. The van der Waals surface area contributed by atoms with Crippen molar-refractivity contribution in [3.63, 3.8) is 0 Å². The van der Waals surface area contributed by atoms with Gasteiger partial charge in [0.15, 0.2) is 0 Å². The number of urea groups is 1. The van der Waals surface area contributed by atoms with Crippen molar-refractivity contribution >= 4 is 17.6 Å². The van der Waals surface area contributed by atoms with Crippen LogP contribution in [0.3, 0.4) is 0 Å². The SMILES string of the molecule is CC(CCCO)NC(=O)NC(c1ccccc1)c1ccc(Cl)cc1. The molecule has 3 N–H and O–H groups in total. The molecule has 2 atom stereocenters. The van der Waals surface area contributed by atoms with Crippen LogP contribution in [0.25, 0.3) is 0 Å². The largest absolute Gasteiger partial charge is 0.396 e. The lowest BCUT2D eigenvalue weighted by atomic mass is 9.99. The van der Waals surface area contributed by atoms with Crippen LogP contribution in [-0.2, 0) is 0 Å². The fourth-order valence-electron chi connectivity index (χ4n) is 2.53. The van der Waals surface area contributed by atoms with Crippen LogP contribution in [0.15, 0.2) is 54.6 Å². The first kappa shape index (κ1) is 18.3. The second-order valence-electron chi connectivity index (χ2n) is 5.78. The van der Waals surface area contributed by atoms with Crippen LogP contribution >= 0.6 is 11.6 Å². The number of hydrogen-bond donors (Lipinski definition) is 3. The third-order valence-corrected chi connectivity index (χ3v) is 4.04. The fourth-order valence-corrected chi connectivity index (χ4v) is 2.65. The van der Waals surface area contributed by atoms with Crippen LogP contribution in [-0.4, -0.2) is 23.8 Å². The number of hydrogen-bond acceptors (Lipinski definition) is 2. The number of benzene rings is 2. The van der Waals surface area contributed by atoms with Crippen molar-refractivity contribution in [2.75, 3.05) is 6.61 Å². The van der Waals surface area contributed by atoms with E-state index in [4.69, 9.17) is 16.7 Å². The van der Waals surface area contributed by atoms with E-state index in [1.54, 1.807) is 0 Å². The second kappa shape index (κ2) is 9.30. The summed E-state index contributed by atoms with van der Waals surface area (Å²) >= 11 is 5.97. The molecular formula is C19H23ClN2O2. The summed E-state index contributed by atoms with van der Waals surface area (Å²) in [5.41, 5.74) is 1.96. The molecule has 0 aliphatic rings. The highest BCUT2D eigenvalue weighted by Crippen LogP contribution is 2.23. The first-order valence-electron chi connectivity index (χ1n) is 8.08. The quantitative estimate of drug-likeness (QED) is 0.712. The Morgan fingerprint density at radius 2 is 1.67 bits per heavy atom. The molecule has 0 saturated heterocycles. The fraction of sp³-hybridized carbons (Fsp3) is 0.316.